The first-order valence-electron chi connectivity index (χ1n) is 33.7. The van der Waals surface area contributed by atoms with Crippen LogP contribution in [0, 0.1) is 0 Å². The summed E-state index contributed by atoms with van der Waals surface area (Å²) in [5, 5.41) is 21.1. The van der Waals surface area contributed by atoms with Crippen molar-refractivity contribution >= 4 is 156 Å². The second-order valence-corrected chi connectivity index (χ2v) is 26.1. The van der Waals surface area contributed by atoms with Gasteiger partial charge >= 0.3 is 0 Å². The van der Waals surface area contributed by atoms with E-state index in [1.54, 1.807) is 0 Å². The summed E-state index contributed by atoms with van der Waals surface area (Å²) in [6.45, 7) is 0. The van der Waals surface area contributed by atoms with Gasteiger partial charge in [-0.1, -0.05) is 243 Å². The molecule has 0 bridgehead atoms. The van der Waals surface area contributed by atoms with Crippen molar-refractivity contribution in [2.24, 2.45) is 0 Å². The van der Waals surface area contributed by atoms with Crippen LogP contribution in [0.1, 0.15) is 44.5 Å². The fourth-order valence-corrected chi connectivity index (χ4v) is 15.7. The van der Waals surface area contributed by atoms with Gasteiger partial charge in [-0.05, 0) is 218 Å². The molecular formula is C92H72N4. The van der Waals surface area contributed by atoms with Crippen LogP contribution in [-0.4, -0.2) is 28.2 Å². The Balaban J connectivity index is 0.0000000968. The number of hydrogen-bond acceptors (Lipinski definition) is 4. The average Bonchev–Trinajstić information content (AvgIpc) is 1.65. The Morgan fingerprint density at radius 1 is 0.208 bits per heavy atom. The van der Waals surface area contributed by atoms with Crippen molar-refractivity contribution < 1.29 is 0 Å². The molecule has 0 aromatic heterocycles. The molecule has 4 heterocycles. The Morgan fingerprint density at radius 2 is 0.562 bits per heavy atom. The van der Waals surface area contributed by atoms with Gasteiger partial charge in [0.1, 0.15) is 0 Å². The number of para-hydroxylation sites is 2. The lowest BCUT2D eigenvalue weighted by Crippen LogP contribution is -2.12. The first kappa shape index (κ1) is 58.1. The SMILES string of the molecule is CN1c2cc3ccccc3cc2CCc2cc3ccccc3cc21.CN1c2ccc3ccccc3c2CCc2c1ccc1ccccc21.CN1c2ccccc2C=Cc2c1c1ccccc1c1ccccc21.CN1c2ccccc2C=Cc2cc3cc4ccccc4cc3cc21. The second kappa shape index (κ2) is 24.3. The molecule has 0 spiro atoms. The molecule has 4 nitrogen and oxygen atoms in total. The molecule has 0 saturated carbocycles. The predicted octanol–water partition coefficient (Wildman–Crippen LogP) is 24.2. The van der Waals surface area contributed by atoms with Crippen molar-refractivity contribution in [3.63, 3.8) is 0 Å². The minimum absolute atomic E-state index is 1.09. The summed E-state index contributed by atoms with van der Waals surface area (Å²) >= 11 is 0. The summed E-state index contributed by atoms with van der Waals surface area (Å²) in [5.74, 6) is 0. The molecule has 0 unspecified atom stereocenters. The molecule has 20 rings (SSSR count). The molecule has 0 radical (unpaired) electrons. The van der Waals surface area contributed by atoms with E-state index in [1.807, 2.05) is 0 Å². The Hall–Kier alpha value is -11.7. The Kier molecular flexibility index (Phi) is 14.7. The highest BCUT2D eigenvalue weighted by molar-refractivity contribution is 6.19. The molecule has 0 amide bonds. The van der Waals surface area contributed by atoms with Gasteiger partial charge in [0.15, 0.2) is 0 Å². The molecule has 0 aliphatic carbocycles. The minimum atomic E-state index is 1.09. The van der Waals surface area contributed by atoms with Gasteiger partial charge in [0.25, 0.3) is 0 Å². The van der Waals surface area contributed by atoms with Crippen LogP contribution in [-0.2, 0) is 25.7 Å². The van der Waals surface area contributed by atoms with E-state index in [9.17, 15) is 0 Å². The number of benzene rings is 16. The summed E-state index contributed by atoms with van der Waals surface area (Å²) in [6, 6.07) is 106. The van der Waals surface area contributed by atoms with Crippen LogP contribution in [0.5, 0.6) is 0 Å². The zero-order valence-corrected chi connectivity index (χ0v) is 54.6. The summed E-state index contributed by atoms with van der Waals surface area (Å²) in [4.78, 5) is 9.37. The van der Waals surface area contributed by atoms with Crippen LogP contribution in [0.2, 0.25) is 0 Å². The molecule has 96 heavy (non-hydrogen) atoms. The van der Waals surface area contributed by atoms with Crippen molar-refractivity contribution in [3.05, 3.63) is 336 Å². The topological polar surface area (TPSA) is 13.0 Å². The lowest BCUT2D eigenvalue weighted by molar-refractivity contribution is 0.981. The number of aryl methyl sites for hydroxylation is 4. The maximum absolute atomic E-state index is 2.37. The van der Waals surface area contributed by atoms with Crippen LogP contribution >= 0.6 is 0 Å². The van der Waals surface area contributed by atoms with E-state index < -0.39 is 0 Å². The standard InChI is InChI=1S/C23H17N.2C23H19N.C23H17N/c1-24-22-13-7-2-8-16(22)14-15-21-19-11-4-3-9-17(19)18-10-5-6-12-20(18)23(21)24;1-24-22-14-10-16-6-2-4-8-18(16)20(22)12-13-21-19-9-5-3-7-17(19)11-15-23(21)24;1-24-22-14-18-8-4-2-6-16(18)12-20(22)10-11-21-13-17-7-3-5-9-19(17)15-23(21)24;1-24-22-9-5-4-6-16(22)10-11-19-14-20-12-17-7-2-3-8-18(17)13-21(20)15-23(19)24/h2-15H,1H3;2-11,14-15H,12-13H2,1H3;2-9,12-15H,10-11H2,1H3;2-15H,1H3. The Morgan fingerprint density at radius 3 is 1.09 bits per heavy atom. The van der Waals surface area contributed by atoms with E-state index in [4.69, 9.17) is 0 Å². The zero-order chi connectivity index (χ0) is 64.4. The van der Waals surface area contributed by atoms with Crippen LogP contribution in [0.25, 0.3) is 110 Å². The molecule has 16 aromatic carbocycles. The molecule has 460 valence electrons. The smallest absolute Gasteiger partial charge is 0.0568 e. The zero-order valence-electron chi connectivity index (χ0n) is 54.6. The van der Waals surface area contributed by atoms with Crippen molar-refractivity contribution in [3.8, 4) is 0 Å². The number of fused-ring (bicyclic) bond motifs is 21. The molecule has 0 N–H and O–H groups in total. The third-order valence-corrected chi connectivity index (χ3v) is 20.6. The quantitative estimate of drug-likeness (QED) is 0.111. The highest BCUT2D eigenvalue weighted by atomic mass is 15.1. The van der Waals surface area contributed by atoms with Gasteiger partial charge in [-0.15, -0.1) is 0 Å². The van der Waals surface area contributed by atoms with Gasteiger partial charge in [-0.25, -0.2) is 0 Å². The third-order valence-electron chi connectivity index (χ3n) is 20.6. The fourth-order valence-electron chi connectivity index (χ4n) is 15.7. The minimum Gasteiger partial charge on any atom is -0.344 e. The van der Waals surface area contributed by atoms with Gasteiger partial charge in [-0.3, -0.25) is 0 Å². The molecule has 4 aliphatic heterocycles. The van der Waals surface area contributed by atoms with Crippen LogP contribution in [0.15, 0.2) is 291 Å². The highest BCUT2D eigenvalue weighted by Gasteiger charge is 2.24. The monoisotopic (exact) mass is 1230 g/mol. The lowest BCUT2D eigenvalue weighted by Gasteiger charge is -2.25. The number of rotatable bonds is 0. The van der Waals surface area contributed by atoms with E-state index in [0.29, 0.717) is 0 Å². The predicted molar refractivity (Wildman–Crippen MR) is 417 cm³/mol. The summed E-state index contributed by atoms with van der Waals surface area (Å²) in [5.41, 5.74) is 21.2. The third kappa shape index (κ3) is 10.3. The van der Waals surface area contributed by atoms with Crippen molar-refractivity contribution in [1.82, 2.24) is 0 Å². The van der Waals surface area contributed by atoms with Crippen molar-refractivity contribution in [1.29, 1.82) is 0 Å². The molecule has 0 fully saturated rings. The maximum atomic E-state index is 2.37. The average molecular weight is 1230 g/mol. The van der Waals surface area contributed by atoms with Crippen molar-refractivity contribution in [2.45, 2.75) is 25.7 Å². The maximum Gasteiger partial charge on any atom is 0.0568 e. The molecule has 0 saturated heterocycles. The molecule has 4 aliphatic rings. The largest absolute Gasteiger partial charge is 0.344 e. The summed E-state index contributed by atoms with van der Waals surface area (Å²) < 4.78 is 0. The molecule has 16 aromatic rings. The van der Waals surface area contributed by atoms with Crippen molar-refractivity contribution in [2.75, 3.05) is 47.8 Å². The highest BCUT2D eigenvalue weighted by Crippen LogP contribution is 2.46. The van der Waals surface area contributed by atoms with Gasteiger partial charge in [0.05, 0.1) is 5.69 Å². The van der Waals surface area contributed by atoms with Gasteiger partial charge < -0.3 is 19.6 Å². The second-order valence-electron chi connectivity index (χ2n) is 26.1. The molecular weight excluding hydrogens is 1160 g/mol. The summed E-state index contributed by atoms with van der Waals surface area (Å²) in [6.07, 6.45) is 13.3. The number of nitrogens with zero attached hydrogens (tertiary/aromatic N) is 4. The molecule has 4 heteroatoms. The van der Waals surface area contributed by atoms with Gasteiger partial charge in [0, 0.05) is 79.0 Å². The molecule has 0 atom stereocenters. The number of anilines is 8. The Labute approximate surface area is 561 Å². The van der Waals surface area contributed by atoms with Crippen LogP contribution in [0.3, 0.4) is 0 Å². The van der Waals surface area contributed by atoms with E-state index >= 15 is 0 Å². The first-order chi connectivity index (χ1) is 47.3. The first-order valence-corrected chi connectivity index (χ1v) is 33.7. The van der Waals surface area contributed by atoms with Gasteiger partial charge in [0.2, 0.25) is 0 Å². The van der Waals surface area contributed by atoms with Crippen LogP contribution in [0.4, 0.5) is 45.5 Å². The van der Waals surface area contributed by atoms with E-state index in [2.05, 4.69) is 363 Å². The van der Waals surface area contributed by atoms with Crippen LogP contribution < -0.4 is 19.6 Å². The normalized spacial score (nSPS) is 13.3. The van der Waals surface area contributed by atoms with E-state index in [1.165, 1.54) is 176 Å². The van der Waals surface area contributed by atoms with Gasteiger partial charge in [-0.2, -0.15) is 0 Å². The van der Waals surface area contributed by atoms with E-state index in [-0.39, 0.29) is 0 Å². The fraction of sp³-hybridized carbons (Fsp3) is 0.0870. The Bertz CT molecular complexity index is 5650. The summed E-state index contributed by atoms with van der Waals surface area (Å²) in [7, 11) is 8.72. The van der Waals surface area contributed by atoms with E-state index in [0.717, 1.165) is 25.7 Å². The lowest BCUT2D eigenvalue weighted by atomic mass is 9.94. The number of hydrogen-bond donors (Lipinski definition) is 0.